The minimum Gasteiger partial charge on any atom is -0.598 e. The smallest absolute Gasteiger partial charge is 0.306 e. The van der Waals surface area contributed by atoms with Crippen molar-refractivity contribution in [1.82, 2.24) is 4.72 Å². The van der Waals surface area contributed by atoms with E-state index in [-0.39, 0.29) is 5.56 Å². The van der Waals surface area contributed by atoms with E-state index < -0.39 is 51.7 Å². The van der Waals surface area contributed by atoms with Crippen LogP contribution in [0.3, 0.4) is 0 Å². The van der Waals surface area contributed by atoms with Gasteiger partial charge in [0.05, 0.1) is 18.2 Å². The summed E-state index contributed by atoms with van der Waals surface area (Å²) >= 11 is -1.52. The van der Waals surface area contributed by atoms with E-state index in [0.717, 1.165) is 13.0 Å². The van der Waals surface area contributed by atoms with Crippen molar-refractivity contribution in [1.29, 1.82) is 0 Å². The van der Waals surface area contributed by atoms with Crippen LogP contribution in [0.4, 0.5) is 13.2 Å². The van der Waals surface area contributed by atoms with Crippen molar-refractivity contribution >= 4 is 11.4 Å². The molecule has 1 aromatic carbocycles. The van der Waals surface area contributed by atoms with E-state index >= 15 is 0 Å². The molecule has 0 aliphatic rings. The molecule has 1 unspecified atom stereocenters. The van der Waals surface area contributed by atoms with Gasteiger partial charge in [-0.15, -0.1) is 4.72 Å². The Morgan fingerprint density at radius 1 is 1.25 bits per heavy atom. The van der Waals surface area contributed by atoms with Gasteiger partial charge in [0.15, 0.2) is 5.60 Å². The Kier molecular flexibility index (Phi) is 6.38. The zero-order valence-electron chi connectivity index (χ0n) is 14.4. The highest BCUT2D eigenvalue weighted by Gasteiger charge is 2.52. The van der Waals surface area contributed by atoms with Crippen LogP contribution in [-0.4, -0.2) is 31.7 Å². The first kappa shape index (κ1) is 21.2. The van der Waals surface area contributed by atoms with Gasteiger partial charge in [-0.25, -0.2) is 4.39 Å². The van der Waals surface area contributed by atoms with Gasteiger partial charge in [-0.1, -0.05) is 12.1 Å². The molecule has 0 spiro atoms. The molecule has 0 aliphatic heterocycles. The Balaban J connectivity index is 3.23. The van der Waals surface area contributed by atoms with Crippen LogP contribution in [-0.2, 0) is 17.3 Å². The number of halogens is 3. The van der Waals surface area contributed by atoms with Crippen LogP contribution in [0.2, 0.25) is 0 Å². The van der Waals surface area contributed by atoms with Crippen LogP contribution in [0, 0.1) is 5.82 Å². The fraction of sp³-hybridized carbons (Fsp3) is 0.625. The molecule has 0 saturated carbocycles. The van der Waals surface area contributed by atoms with Crippen molar-refractivity contribution in [3.05, 3.63) is 35.1 Å². The van der Waals surface area contributed by atoms with E-state index in [1.165, 1.54) is 19.1 Å². The summed E-state index contributed by atoms with van der Waals surface area (Å²) in [7, 11) is 0. The first-order valence-electron chi connectivity index (χ1n) is 7.43. The molecule has 0 fully saturated rings. The average Bonchev–Trinajstić information content (AvgIpc) is 2.45. The predicted molar refractivity (Wildman–Crippen MR) is 87.4 cm³/mol. The largest absolute Gasteiger partial charge is 0.598 e. The van der Waals surface area contributed by atoms with Gasteiger partial charge in [-0.2, -0.15) is 8.78 Å². The summed E-state index contributed by atoms with van der Waals surface area (Å²) in [6.07, 6.45) is 0. The molecule has 24 heavy (non-hydrogen) atoms. The summed E-state index contributed by atoms with van der Waals surface area (Å²) in [6, 6.07) is 2.60. The summed E-state index contributed by atoms with van der Waals surface area (Å²) in [5.41, 5.74) is -3.93. The van der Waals surface area contributed by atoms with Crippen molar-refractivity contribution in [2.24, 2.45) is 0 Å². The second-order valence-electron chi connectivity index (χ2n) is 6.94. The van der Waals surface area contributed by atoms with Crippen molar-refractivity contribution in [3.63, 3.8) is 0 Å². The molecule has 0 aliphatic carbocycles. The lowest BCUT2D eigenvalue weighted by molar-refractivity contribution is -0.197. The lowest BCUT2D eigenvalue weighted by Crippen LogP contribution is -2.47. The lowest BCUT2D eigenvalue weighted by Gasteiger charge is -2.32. The van der Waals surface area contributed by atoms with Crippen molar-refractivity contribution in [3.8, 4) is 0 Å². The maximum absolute atomic E-state index is 14.6. The number of rotatable bonds is 6. The van der Waals surface area contributed by atoms with Crippen LogP contribution in [0.25, 0.3) is 0 Å². The molecule has 8 heteroatoms. The second kappa shape index (κ2) is 7.21. The summed E-state index contributed by atoms with van der Waals surface area (Å²) in [5.74, 6) is -5.20. The zero-order chi connectivity index (χ0) is 18.9. The number of hydrogen-bond acceptors (Lipinski definition) is 4. The van der Waals surface area contributed by atoms with Gasteiger partial charge in [0.1, 0.15) is 10.6 Å². The van der Waals surface area contributed by atoms with E-state index in [4.69, 9.17) is 5.11 Å². The van der Waals surface area contributed by atoms with Crippen molar-refractivity contribution < 1.29 is 27.9 Å². The van der Waals surface area contributed by atoms with Gasteiger partial charge < -0.3 is 14.8 Å². The number of alkyl halides is 2. The van der Waals surface area contributed by atoms with E-state index in [2.05, 4.69) is 4.72 Å². The van der Waals surface area contributed by atoms with E-state index in [9.17, 15) is 22.8 Å². The first-order valence-corrected chi connectivity index (χ1v) is 8.58. The fourth-order valence-electron chi connectivity index (χ4n) is 1.92. The molecular formula is C16H24F3NO3S. The van der Waals surface area contributed by atoms with Gasteiger partial charge in [0.2, 0.25) is 0 Å². The number of aliphatic hydroxyl groups excluding tert-OH is 1. The molecule has 3 N–H and O–H groups in total. The molecule has 0 saturated heterocycles. The SMILES string of the molecule is C[C@H](N[S@+]([O-])C(C)(C)C)c1cccc(C(F)(F)C(C)(O)CO)c1F. The summed E-state index contributed by atoms with van der Waals surface area (Å²) < 4.78 is 57.5. The summed E-state index contributed by atoms with van der Waals surface area (Å²) in [4.78, 5) is 0. The van der Waals surface area contributed by atoms with Gasteiger partial charge in [-0.3, -0.25) is 0 Å². The number of nitrogens with one attached hydrogen (secondary N) is 1. The molecule has 0 aromatic heterocycles. The monoisotopic (exact) mass is 367 g/mol. The first-order chi connectivity index (χ1) is 10.8. The highest BCUT2D eigenvalue weighted by atomic mass is 32.2. The summed E-state index contributed by atoms with van der Waals surface area (Å²) in [6.45, 7) is 6.18. The summed E-state index contributed by atoms with van der Waals surface area (Å²) in [5, 5.41) is 18.6. The molecule has 0 bridgehead atoms. The molecule has 1 aromatic rings. The third-order valence-electron chi connectivity index (χ3n) is 3.66. The normalized spacial score (nSPS) is 18.1. The highest BCUT2D eigenvalue weighted by Crippen LogP contribution is 2.41. The maximum atomic E-state index is 14.6. The molecule has 0 amide bonds. The Bertz CT molecular complexity index is 576. The van der Waals surface area contributed by atoms with Crippen LogP contribution in [0.15, 0.2) is 18.2 Å². The Hall–Kier alpha value is -0.800. The zero-order valence-corrected chi connectivity index (χ0v) is 15.2. The maximum Gasteiger partial charge on any atom is 0.306 e. The lowest BCUT2D eigenvalue weighted by atomic mass is 9.90. The van der Waals surface area contributed by atoms with Gasteiger partial charge >= 0.3 is 5.92 Å². The van der Waals surface area contributed by atoms with Gasteiger partial charge in [0.25, 0.3) is 0 Å². The standard InChI is InChI=1S/C16H24F3NO3S/c1-10(20-24(23)14(2,3)4)11-7-6-8-12(13(11)17)16(18,19)15(5,22)9-21/h6-8,10,20-22H,9H2,1-5H3/t10-,15?,24+/m0/s1. The average molecular weight is 367 g/mol. The molecule has 0 radical (unpaired) electrons. The number of aliphatic hydroxyl groups is 2. The van der Waals surface area contributed by atoms with Crippen LogP contribution >= 0.6 is 0 Å². The molecule has 3 atom stereocenters. The third kappa shape index (κ3) is 4.23. The van der Waals surface area contributed by atoms with Crippen LogP contribution < -0.4 is 4.72 Å². The Labute approximate surface area is 143 Å². The minimum absolute atomic E-state index is 0.0986. The number of benzene rings is 1. The topological polar surface area (TPSA) is 75.5 Å². The Morgan fingerprint density at radius 2 is 1.79 bits per heavy atom. The highest BCUT2D eigenvalue weighted by molar-refractivity contribution is 7.90. The van der Waals surface area contributed by atoms with Gasteiger partial charge in [0, 0.05) is 16.9 Å². The van der Waals surface area contributed by atoms with Crippen molar-refractivity contribution in [2.75, 3.05) is 6.61 Å². The van der Waals surface area contributed by atoms with Gasteiger partial charge in [-0.05, 0) is 40.7 Å². The fourth-order valence-corrected chi connectivity index (χ4v) is 2.72. The second-order valence-corrected chi connectivity index (χ2v) is 8.93. The molecule has 0 heterocycles. The molecular weight excluding hydrogens is 343 g/mol. The Morgan fingerprint density at radius 3 is 2.25 bits per heavy atom. The quantitative estimate of drug-likeness (QED) is 0.676. The number of hydrogen-bond donors (Lipinski definition) is 3. The van der Waals surface area contributed by atoms with Crippen molar-refractivity contribution in [2.45, 2.75) is 56.9 Å². The van der Waals surface area contributed by atoms with E-state index in [1.54, 1.807) is 20.8 Å². The molecule has 1 rings (SSSR count). The molecule has 138 valence electrons. The molecule has 4 nitrogen and oxygen atoms in total. The van der Waals surface area contributed by atoms with E-state index in [1.807, 2.05) is 0 Å². The van der Waals surface area contributed by atoms with E-state index in [0.29, 0.717) is 0 Å². The van der Waals surface area contributed by atoms with Crippen LogP contribution in [0.1, 0.15) is 51.8 Å². The third-order valence-corrected chi connectivity index (χ3v) is 5.34. The van der Waals surface area contributed by atoms with Crippen LogP contribution in [0.5, 0.6) is 0 Å². The minimum atomic E-state index is -4.00. The predicted octanol–water partition coefficient (Wildman–Crippen LogP) is 2.77.